The van der Waals surface area contributed by atoms with Crippen molar-refractivity contribution in [2.75, 3.05) is 19.6 Å². The van der Waals surface area contributed by atoms with Crippen LogP contribution in [0.3, 0.4) is 0 Å². The van der Waals surface area contributed by atoms with Crippen molar-refractivity contribution in [1.82, 2.24) is 15.2 Å². The highest BCUT2D eigenvalue weighted by atomic mass is 16.4. The predicted molar refractivity (Wildman–Crippen MR) is 63.1 cm³/mol. The summed E-state index contributed by atoms with van der Waals surface area (Å²) < 4.78 is 5.54. The van der Waals surface area contributed by atoms with Crippen LogP contribution < -0.4 is 5.32 Å². The Morgan fingerprint density at radius 1 is 1.62 bits per heavy atom. The number of piperazine rings is 1. The van der Waals surface area contributed by atoms with Crippen LogP contribution in [0.15, 0.2) is 10.6 Å². The second-order valence-corrected chi connectivity index (χ2v) is 4.85. The highest BCUT2D eigenvalue weighted by Crippen LogP contribution is 2.16. The van der Waals surface area contributed by atoms with Crippen molar-refractivity contribution in [3.05, 3.63) is 17.8 Å². The number of nitrogens with one attached hydrogen (secondary N) is 1. The van der Waals surface area contributed by atoms with Gasteiger partial charge in [-0.15, -0.1) is 0 Å². The molecule has 1 atom stereocenters. The van der Waals surface area contributed by atoms with Gasteiger partial charge in [-0.1, -0.05) is 13.8 Å². The van der Waals surface area contributed by atoms with Crippen molar-refractivity contribution < 1.29 is 4.42 Å². The lowest BCUT2D eigenvalue weighted by atomic mass is 10.0. The molecule has 90 valence electrons. The molecule has 1 fully saturated rings. The smallest absolute Gasteiger partial charge is 0.208 e. The maximum Gasteiger partial charge on any atom is 0.208 e. The van der Waals surface area contributed by atoms with Gasteiger partial charge >= 0.3 is 0 Å². The zero-order valence-electron chi connectivity index (χ0n) is 10.4. The number of aryl methyl sites for hydroxylation is 1. The van der Waals surface area contributed by atoms with Crippen molar-refractivity contribution in [1.29, 1.82) is 0 Å². The van der Waals surface area contributed by atoms with E-state index in [4.69, 9.17) is 4.42 Å². The van der Waals surface area contributed by atoms with Crippen molar-refractivity contribution in [3.63, 3.8) is 0 Å². The third-order valence-electron chi connectivity index (χ3n) is 3.18. The first-order valence-corrected chi connectivity index (χ1v) is 6.03. The summed E-state index contributed by atoms with van der Waals surface area (Å²) in [6.45, 7) is 10.5. The Kier molecular flexibility index (Phi) is 3.61. The average molecular weight is 223 g/mol. The van der Waals surface area contributed by atoms with Gasteiger partial charge < -0.3 is 9.73 Å². The van der Waals surface area contributed by atoms with Gasteiger partial charge in [-0.2, -0.15) is 0 Å². The third kappa shape index (κ3) is 2.62. The third-order valence-corrected chi connectivity index (χ3v) is 3.18. The zero-order valence-corrected chi connectivity index (χ0v) is 10.4. The van der Waals surface area contributed by atoms with Gasteiger partial charge in [0.1, 0.15) is 5.76 Å². The lowest BCUT2D eigenvalue weighted by Crippen LogP contribution is -2.53. The van der Waals surface area contributed by atoms with Gasteiger partial charge in [-0.3, -0.25) is 4.90 Å². The first-order valence-electron chi connectivity index (χ1n) is 6.03. The summed E-state index contributed by atoms with van der Waals surface area (Å²) in [5.41, 5.74) is 0. The summed E-state index contributed by atoms with van der Waals surface area (Å²) in [4.78, 5) is 6.74. The molecule has 1 aliphatic heterocycles. The molecular formula is C12H21N3O. The molecule has 2 rings (SSSR count). The van der Waals surface area contributed by atoms with Gasteiger partial charge in [0.2, 0.25) is 5.89 Å². The van der Waals surface area contributed by atoms with E-state index in [1.54, 1.807) is 6.20 Å². The Labute approximate surface area is 97.0 Å². The second-order valence-electron chi connectivity index (χ2n) is 4.85. The normalized spacial score (nSPS) is 22.9. The van der Waals surface area contributed by atoms with E-state index in [2.05, 4.69) is 29.0 Å². The largest absolute Gasteiger partial charge is 0.445 e. The molecule has 1 aromatic heterocycles. The number of nitrogens with zero attached hydrogens (tertiary/aromatic N) is 2. The Hall–Kier alpha value is -0.870. The molecule has 0 radical (unpaired) electrons. The summed E-state index contributed by atoms with van der Waals surface area (Å²) in [5.74, 6) is 2.39. The molecule has 2 heterocycles. The van der Waals surface area contributed by atoms with E-state index in [9.17, 15) is 0 Å². The molecule has 1 aliphatic rings. The van der Waals surface area contributed by atoms with Gasteiger partial charge in [-0.05, 0) is 12.8 Å². The van der Waals surface area contributed by atoms with Gasteiger partial charge in [-0.25, -0.2) is 4.98 Å². The molecule has 0 bridgehead atoms. The topological polar surface area (TPSA) is 41.3 Å². The van der Waals surface area contributed by atoms with E-state index in [1.165, 1.54) is 0 Å². The fourth-order valence-electron chi connectivity index (χ4n) is 2.27. The standard InChI is InChI=1S/C12H21N3O/c1-9(2)11-7-13-4-5-15(11)8-12-14-6-10(3)16-12/h6,9,11,13H,4-5,7-8H2,1-3H3. The number of rotatable bonds is 3. The molecule has 1 aromatic rings. The number of hydrogen-bond donors (Lipinski definition) is 1. The van der Waals surface area contributed by atoms with Crippen LogP contribution in [0.4, 0.5) is 0 Å². The van der Waals surface area contributed by atoms with Crippen LogP contribution in [0.5, 0.6) is 0 Å². The van der Waals surface area contributed by atoms with Gasteiger partial charge in [0, 0.05) is 25.7 Å². The van der Waals surface area contributed by atoms with E-state index < -0.39 is 0 Å². The molecule has 0 amide bonds. The van der Waals surface area contributed by atoms with E-state index >= 15 is 0 Å². The van der Waals surface area contributed by atoms with E-state index in [0.29, 0.717) is 12.0 Å². The highest BCUT2D eigenvalue weighted by molar-refractivity contribution is 4.92. The lowest BCUT2D eigenvalue weighted by Gasteiger charge is -2.37. The highest BCUT2D eigenvalue weighted by Gasteiger charge is 2.25. The fourth-order valence-corrected chi connectivity index (χ4v) is 2.27. The zero-order chi connectivity index (χ0) is 11.5. The monoisotopic (exact) mass is 223 g/mol. The Morgan fingerprint density at radius 2 is 2.44 bits per heavy atom. The van der Waals surface area contributed by atoms with Crippen molar-refractivity contribution >= 4 is 0 Å². The van der Waals surface area contributed by atoms with Crippen LogP contribution in [0.2, 0.25) is 0 Å². The van der Waals surface area contributed by atoms with Crippen molar-refractivity contribution in [3.8, 4) is 0 Å². The molecular weight excluding hydrogens is 202 g/mol. The van der Waals surface area contributed by atoms with Crippen molar-refractivity contribution in [2.45, 2.75) is 33.4 Å². The Bertz CT molecular complexity index is 335. The molecule has 16 heavy (non-hydrogen) atoms. The summed E-state index contributed by atoms with van der Waals surface area (Å²) in [6.07, 6.45) is 1.79. The second kappa shape index (κ2) is 4.97. The van der Waals surface area contributed by atoms with Crippen LogP contribution in [0.25, 0.3) is 0 Å². The maximum atomic E-state index is 5.54. The summed E-state index contributed by atoms with van der Waals surface area (Å²) >= 11 is 0. The van der Waals surface area contributed by atoms with Gasteiger partial charge in [0.05, 0.1) is 12.7 Å². The van der Waals surface area contributed by atoms with Gasteiger partial charge in [0.15, 0.2) is 0 Å². The molecule has 1 saturated heterocycles. The number of aromatic nitrogens is 1. The van der Waals surface area contributed by atoms with Crippen LogP contribution >= 0.6 is 0 Å². The van der Waals surface area contributed by atoms with Gasteiger partial charge in [0.25, 0.3) is 0 Å². The summed E-state index contributed by atoms with van der Waals surface area (Å²) in [7, 11) is 0. The first kappa shape index (κ1) is 11.6. The summed E-state index contributed by atoms with van der Waals surface area (Å²) in [5, 5.41) is 3.44. The van der Waals surface area contributed by atoms with Crippen LogP contribution in [-0.4, -0.2) is 35.6 Å². The van der Waals surface area contributed by atoms with Crippen LogP contribution in [0, 0.1) is 12.8 Å². The molecule has 0 saturated carbocycles. The molecule has 0 spiro atoms. The predicted octanol–water partition coefficient (Wildman–Crippen LogP) is 1.41. The Morgan fingerprint density at radius 3 is 3.06 bits per heavy atom. The molecule has 1 unspecified atom stereocenters. The number of hydrogen-bond acceptors (Lipinski definition) is 4. The van der Waals surface area contributed by atoms with Crippen LogP contribution in [0.1, 0.15) is 25.5 Å². The fraction of sp³-hybridized carbons (Fsp3) is 0.750. The average Bonchev–Trinajstić information content (AvgIpc) is 2.64. The quantitative estimate of drug-likeness (QED) is 0.841. The first-order chi connectivity index (χ1) is 7.66. The molecule has 4 nitrogen and oxygen atoms in total. The van der Waals surface area contributed by atoms with E-state index in [-0.39, 0.29) is 0 Å². The minimum Gasteiger partial charge on any atom is -0.445 e. The minimum absolute atomic E-state index is 0.584. The number of oxazole rings is 1. The molecule has 0 aliphatic carbocycles. The SMILES string of the molecule is Cc1cnc(CN2CCNCC2C(C)C)o1. The minimum atomic E-state index is 0.584. The lowest BCUT2D eigenvalue weighted by molar-refractivity contribution is 0.106. The van der Waals surface area contributed by atoms with E-state index in [1.807, 2.05) is 6.92 Å². The molecule has 0 aromatic carbocycles. The van der Waals surface area contributed by atoms with Crippen LogP contribution in [-0.2, 0) is 6.54 Å². The summed E-state index contributed by atoms with van der Waals surface area (Å²) in [6, 6.07) is 0.584. The molecule has 1 N–H and O–H groups in total. The van der Waals surface area contributed by atoms with Crippen molar-refractivity contribution in [2.24, 2.45) is 5.92 Å². The van der Waals surface area contributed by atoms with E-state index in [0.717, 1.165) is 37.8 Å². The molecule has 4 heteroatoms. The Balaban J connectivity index is 2.01. The maximum absolute atomic E-state index is 5.54.